The van der Waals surface area contributed by atoms with Gasteiger partial charge in [0, 0.05) is 14.1 Å². The first kappa shape index (κ1) is 20.0. The Morgan fingerprint density at radius 3 is 2.61 bits per heavy atom. The van der Waals surface area contributed by atoms with Crippen LogP contribution in [0.1, 0.15) is 42.7 Å². The molecule has 0 bridgehead atoms. The average molecular weight is 422 g/mol. The van der Waals surface area contributed by atoms with Crippen LogP contribution in [0.25, 0.3) is 0 Å². The van der Waals surface area contributed by atoms with Crippen LogP contribution in [0.4, 0.5) is 11.9 Å². The van der Waals surface area contributed by atoms with Crippen LogP contribution in [-0.4, -0.2) is 51.7 Å². The quantitative estimate of drug-likeness (QED) is 0.455. The molecular formula is C20H18N6O5. The van der Waals surface area contributed by atoms with Gasteiger partial charge >= 0.3 is 5.97 Å². The van der Waals surface area contributed by atoms with Crippen molar-refractivity contribution >= 4 is 29.7 Å². The number of rotatable bonds is 6. The zero-order valence-corrected chi connectivity index (χ0v) is 16.7. The number of nitrogens with zero attached hydrogens (tertiary/aromatic N) is 5. The van der Waals surface area contributed by atoms with Crippen molar-refractivity contribution in [3.8, 4) is 0 Å². The summed E-state index contributed by atoms with van der Waals surface area (Å²) in [5.41, 5.74) is 6.12. The van der Waals surface area contributed by atoms with Crippen LogP contribution in [0, 0.1) is 0 Å². The second-order valence-corrected chi connectivity index (χ2v) is 6.92. The molecule has 3 aromatic rings. The number of amides is 2. The molecule has 0 aliphatic carbocycles. The smallest absolute Gasteiger partial charge is 0.338 e. The highest BCUT2D eigenvalue weighted by Gasteiger charge is 2.36. The first-order valence-corrected chi connectivity index (χ1v) is 9.21. The van der Waals surface area contributed by atoms with Gasteiger partial charge in [-0.2, -0.15) is 15.0 Å². The van der Waals surface area contributed by atoms with Gasteiger partial charge in [-0.05, 0) is 30.3 Å². The number of aromatic nitrogens is 3. The number of nitrogens with two attached hydrogens (primary N) is 1. The van der Waals surface area contributed by atoms with Crippen molar-refractivity contribution < 1.29 is 23.5 Å². The first-order chi connectivity index (χ1) is 14.8. The Hall–Kier alpha value is -4.28. The normalized spacial score (nSPS) is 12.8. The minimum Gasteiger partial charge on any atom is -0.467 e. The second kappa shape index (κ2) is 7.86. The lowest BCUT2D eigenvalue weighted by Crippen LogP contribution is -2.28. The predicted octanol–water partition coefficient (Wildman–Crippen LogP) is 1.27. The standard InChI is InChI=1S/C20H18N6O5/c1-25(2)20-23-15(22-19(21)24-20)10-31-18(29)11-5-6-13-14(8-11)17(28)26(16(13)27)9-12-4-3-7-30-12/h3-8H,9-10H2,1-2H3,(H2,21,22,23,24). The molecule has 1 aromatic carbocycles. The number of benzene rings is 1. The SMILES string of the molecule is CN(C)c1nc(N)nc(COC(=O)c2ccc3c(c2)C(=O)N(Cc2ccco2)C3=O)n1. The highest BCUT2D eigenvalue weighted by Crippen LogP contribution is 2.26. The number of ether oxygens (including phenoxy) is 1. The lowest BCUT2D eigenvalue weighted by molar-refractivity contribution is 0.0461. The van der Waals surface area contributed by atoms with Gasteiger partial charge in [-0.25, -0.2) is 4.79 Å². The fourth-order valence-corrected chi connectivity index (χ4v) is 3.02. The van der Waals surface area contributed by atoms with E-state index < -0.39 is 17.8 Å². The third kappa shape index (κ3) is 3.92. The summed E-state index contributed by atoms with van der Waals surface area (Å²) in [4.78, 5) is 52.5. The minimum absolute atomic E-state index is 0.00281. The maximum Gasteiger partial charge on any atom is 0.338 e. The zero-order valence-electron chi connectivity index (χ0n) is 16.7. The molecule has 3 heterocycles. The molecule has 2 N–H and O–H groups in total. The van der Waals surface area contributed by atoms with Crippen molar-refractivity contribution in [1.29, 1.82) is 0 Å². The molecule has 158 valence electrons. The van der Waals surface area contributed by atoms with E-state index in [1.165, 1.54) is 24.5 Å². The largest absolute Gasteiger partial charge is 0.467 e. The molecule has 0 unspecified atom stereocenters. The molecule has 0 saturated heterocycles. The van der Waals surface area contributed by atoms with Gasteiger partial charge in [0.15, 0.2) is 12.4 Å². The monoisotopic (exact) mass is 422 g/mol. The van der Waals surface area contributed by atoms with Gasteiger partial charge in [-0.1, -0.05) is 0 Å². The summed E-state index contributed by atoms with van der Waals surface area (Å²) >= 11 is 0. The summed E-state index contributed by atoms with van der Waals surface area (Å²) in [7, 11) is 3.48. The van der Waals surface area contributed by atoms with Crippen molar-refractivity contribution in [2.75, 3.05) is 24.7 Å². The summed E-state index contributed by atoms with van der Waals surface area (Å²) in [6.45, 7) is -0.227. The van der Waals surface area contributed by atoms with E-state index in [1.54, 1.807) is 31.1 Å². The van der Waals surface area contributed by atoms with Gasteiger partial charge in [-0.3, -0.25) is 14.5 Å². The Kier molecular flexibility index (Phi) is 5.07. The molecule has 1 aliphatic heterocycles. The van der Waals surface area contributed by atoms with Gasteiger partial charge in [0.25, 0.3) is 11.8 Å². The third-order valence-electron chi connectivity index (χ3n) is 4.52. The second-order valence-electron chi connectivity index (χ2n) is 6.92. The lowest BCUT2D eigenvalue weighted by Gasteiger charge is -2.11. The maximum absolute atomic E-state index is 12.7. The highest BCUT2D eigenvalue weighted by atomic mass is 16.5. The summed E-state index contributed by atoms with van der Waals surface area (Å²) in [6, 6.07) is 7.54. The fraction of sp³-hybridized carbons (Fsp3) is 0.200. The Morgan fingerprint density at radius 2 is 1.90 bits per heavy atom. The molecule has 2 aromatic heterocycles. The summed E-state index contributed by atoms with van der Waals surface area (Å²) in [5.74, 6) is -0.664. The molecule has 0 fully saturated rings. The van der Waals surface area contributed by atoms with E-state index in [9.17, 15) is 14.4 Å². The zero-order chi connectivity index (χ0) is 22.1. The van der Waals surface area contributed by atoms with Crippen LogP contribution in [0.5, 0.6) is 0 Å². The van der Waals surface area contributed by atoms with Gasteiger partial charge in [-0.15, -0.1) is 0 Å². The van der Waals surface area contributed by atoms with Crippen molar-refractivity contribution in [2.24, 2.45) is 0 Å². The highest BCUT2D eigenvalue weighted by molar-refractivity contribution is 6.21. The van der Waals surface area contributed by atoms with E-state index in [2.05, 4.69) is 15.0 Å². The van der Waals surface area contributed by atoms with Crippen LogP contribution in [-0.2, 0) is 17.9 Å². The molecule has 0 saturated carbocycles. The number of anilines is 2. The number of fused-ring (bicyclic) bond motifs is 1. The van der Waals surface area contributed by atoms with Gasteiger partial charge < -0.3 is 19.8 Å². The first-order valence-electron chi connectivity index (χ1n) is 9.21. The molecule has 1 aliphatic rings. The van der Waals surface area contributed by atoms with E-state index in [-0.39, 0.29) is 41.6 Å². The van der Waals surface area contributed by atoms with Crippen LogP contribution in [0.15, 0.2) is 41.0 Å². The maximum atomic E-state index is 12.7. The van der Waals surface area contributed by atoms with E-state index in [0.717, 1.165) is 4.90 Å². The number of hydrogen-bond donors (Lipinski definition) is 1. The Balaban J connectivity index is 1.49. The minimum atomic E-state index is -0.696. The molecule has 0 radical (unpaired) electrons. The van der Waals surface area contributed by atoms with Crippen LogP contribution < -0.4 is 10.6 Å². The van der Waals surface area contributed by atoms with Crippen LogP contribution in [0.2, 0.25) is 0 Å². The number of hydrogen-bond acceptors (Lipinski definition) is 10. The molecule has 11 heteroatoms. The Labute approximate surface area is 176 Å². The summed E-state index contributed by atoms with van der Waals surface area (Å²) < 4.78 is 10.5. The third-order valence-corrected chi connectivity index (χ3v) is 4.52. The number of carbonyl (C=O) groups is 3. The lowest BCUT2D eigenvalue weighted by atomic mass is 10.1. The Morgan fingerprint density at radius 1 is 1.13 bits per heavy atom. The van der Waals surface area contributed by atoms with Gasteiger partial charge in [0.05, 0.1) is 29.5 Å². The van der Waals surface area contributed by atoms with E-state index >= 15 is 0 Å². The molecular weight excluding hydrogens is 404 g/mol. The van der Waals surface area contributed by atoms with Crippen molar-refractivity contribution in [3.63, 3.8) is 0 Å². The predicted molar refractivity (Wildman–Crippen MR) is 107 cm³/mol. The van der Waals surface area contributed by atoms with Crippen LogP contribution in [0.3, 0.4) is 0 Å². The van der Waals surface area contributed by atoms with E-state index in [1.807, 2.05) is 0 Å². The number of esters is 1. The van der Waals surface area contributed by atoms with Gasteiger partial charge in [0.2, 0.25) is 11.9 Å². The van der Waals surface area contributed by atoms with E-state index in [0.29, 0.717) is 11.7 Å². The van der Waals surface area contributed by atoms with Gasteiger partial charge in [0.1, 0.15) is 5.76 Å². The van der Waals surface area contributed by atoms with Crippen molar-refractivity contribution in [1.82, 2.24) is 19.9 Å². The molecule has 0 spiro atoms. The van der Waals surface area contributed by atoms with E-state index in [4.69, 9.17) is 14.9 Å². The number of carbonyl (C=O) groups excluding carboxylic acids is 3. The molecule has 11 nitrogen and oxygen atoms in total. The molecule has 2 amide bonds. The average Bonchev–Trinajstić information content (AvgIpc) is 3.34. The topological polar surface area (TPSA) is 145 Å². The fourth-order valence-electron chi connectivity index (χ4n) is 3.02. The molecule has 0 atom stereocenters. The van der Waals surface area contributed by atoms with Crippen molar-refractivity contribution in [2.45, 2.75) is 13.2 Å². The number of nitrogen functional groups attached to an aromatic ring is 1. The van der Waals surface area contributed by atoms with Crippen LogP contribution >= 0.6 is 0 Å². The molecule has 31 heavy (non-hydrogen) atoms. The summed E-state index contributed by atoms with van der Waals surface area (Å²) in [5, 5.41) is 0. The number of imide groups is 1. The molecule has 4 rings (SSSR count). The summed E-state index contributed by atoms with van der Waals surface area (Å²) in [6.07, 6.45) is 1.46. The van der Waals surface area contributed by atoms with Crippen molar-refractivity contribution in [3.05, 3.63) is 64.9 Å². The Bertz CT molecular complexity index is 1170. The number of furan rings is 1.